The van der Waals surface area contributed by atoms with Crippen LogP contribution in [0.1, 0.15) is 17.2 Å². The number of rotatable bonds is 3. The highest BCUT2D eigenvalue weighted by molar-refractivity contribution is 7.89. The standard InChI is InChI=1S/C18H18ClF3N2O2S/c1-23-9-10-24(16(12-23)13-5-3-2-4-6-13)27(25,26)17-11-14(18(20,21)22)7-8-15(17)19/h2-8,11,16H,9-10,12H2,1H3/t16-/m0/s1. The molecule has 146 valence electrons. The van der Waals surface area contributed by atoms with Crippen molar-refractivity contribution < 1.29 is 21.6 Å². The highest BCUT2D eigenvalue weighted by Crippen LogP contribution is 2.37. The molecule has 1 atom stereocenters. The molecule has 1 fully saturated rings. The number of halogens is 4. The molecule has 2 aromatic rings. The van der Waals surface area contributed by atoms with Crippen LogP contribution in [0.4, 0.5) is 13.2 Å². The van der Waals surface area contributed by atoms with E-state index < -0.39 is 32.7 Å². The number of nitrogens with zero attached hydrogens (tertiary/aromatic N) is 2. The maximum Gasteiger partial charge on any atom is 0.416 e. The number of sulfonamides is 1. The van der Waals surface area contributed by atoms with Crippen LogP contribution in [0.25, 0.3) is 0 Å². The molecule has 4 nitrogen and oxygen atoms in total. The number of likely N-dealkylation sites (N-methyl/N-ethyl adjacent to an activating group) is 1. The second-order valence-electron chi connectivity index (χ2n) is 6.45. The Hall–Kier alpha value is -1.61. The van der Waals surface area contributed by atoms with Gasteiger partial charge < -0.3 is 4.90 Å². The molecule has 0 amide bonds. The van der Waals surface area contributed by atoms with Gasteiger partial charge in [-0.15, -0.1) is 0 Å². The van der Waals surface area contributed by atoms with Crippen molar-refractivity contribution in [2.45, 2.75) is 17.1 Å². The Bertz CT molecular complexity index is 920. The molecule has 0 bridgehead atoms. The van der Waals surface area contributed by atoms with Gasteiger partial charge in [0.05, 0.1) is 16.6 Å². The molecule has 0 saturated carbocycles. The van der Waals surface area contributed by atoms with Gasteiger partial charge in [0.1, 0.15) is 4.90 Å². The van der Waals surface area contributed by atoms with Crippen molar-refractivity contribution in [1.82, 2.24) is 9.21 Å². The third-order valence-corrected chi connectivity index (χ3v) is 6.95. The van der Waals surface area contributed by atoms with Crippen molar-refractivity contribution in [2.24, 2.45) is 0 Å². The zero-order chi connectivity index (χ0) is 19.8. The number of alkyl halides is 3. The van der Waals surface area contributed by atoms with Gasteiger partial charge in [-0.2, -0.15) is 17.5 Å². The average Bonchev–Trinajstić information content (AvgIpc) is 2.61. The lowest BCUT2D eigenvalue weighted by atomic mass is 10.1. The summed E-state index contributed by atoms with van der Waals surface area (Å²) < 4.78 is 66.9. The lowest BCUT2D eigenvalue weighted by Gasteiger charge is -2.39. The third kappa shape index (κ3) is 4.13. The predicted octanol–water partition coefficient (Wildman–Crippen LogP) is 4.04. The molecule has 0 aliphatic carbocycles. The van der Waals surface area contributed by atoms with E-state index in [0.717, 1.165) is 17.7 Å². The van der Waals surface area contributed by atoms with Crippen LogP contribution in [-0.4, -0.2) is 44.3 Å². The lowest BCUT2D eigenvalue weighted by molar-refractivity contribution is -0.137. The molecule has 9 heteroatoms. The topological polar surface area (TPSA) is 40.6 Å². The Labute approximate surface area is 161 Å². The SMILES string of the molecule is CN1CCN(S(=O)(=O)c2cc(C(F)(F)F)ccc2Cl)[C@H](c2ccccc2)C1. The number of piperazine rings is 1. The molecule has 2 aromatic carbocycles. The van der Waals surface area contributed by atoms with Crippen LogP contribution in [-0.2, 0) is 16.2 Å². The van der Waals surface area contributed by atoms with Gasteiger partial charge >= 0.3 is 6.18 Å². The van der Waals surface area contributed by atoms with E-state index in [9.17, 15) is 21.6 Å². The van der Waals surface area contributed by atoms with Gasteiger partial charge in [0.2, 0.25) is 10.0 Å². The summed E-state index contributed by atoms with van der Waals surface area (Å²) in [4.78, 5) is 1.46. The van der Waals surface area contributed by atoms with Gasteiger partial charge in [-0.25, -0.2) is 8.42 Å². The van der Waals surface area contributed by atoms with E-state index >= 15 is 0 Å². The Balaban J connectivity index is 2.07. The van der Waals surface area contributed by atoms with Crippen molar-refractivity contribution >= 4 is 21.6 Å². The molecule has 1 aliphatic rings. The normalized spacial score (nSPS) is 20.0. The van der Waals surface area contributed by atoms with Crippen molar-refractivity contribution in [3.05, 3.63) is 64.7 Å². The second kappa shape index (κ2) is 7.43. The summed E-state index contributed by atoms with van der Waals surface area (Å²) in [6.45, 7) is 1.06. The van der Waals surface area contributed by atoms with E-state index in [1.165, 1.54) is 4.31 Å². The highest BCUT2D eigenvalue weighted by Gasteiger charge is 2.39. The molecule has 27 heavy (non-hydrogen) atoms. The van der Waals surface area contributed by atoms with Crippen LogP contribution < -0.4 is 0 Å². The fraction of sp³-hybridized carbons (Fsp3) is 0.333. The first-order chi connectivity index (χ1) is 12.6. The van der Waals surface area contributed by atoms with E-state index in [2.05, 4.69) is 0 Å². The van der Waals surface area contributed by atoms with Crippen molar-refractivity contribution in [1.29, 1.82) is 0 Å². The van der Waals surface area contributed by atoms with Crippen molar-refractivity contribution in [3.8, 4) is 0 Å². The number of hydrogen-bond acceptors (Lipinski definition) is 3. The minimum Gasteiger partial charge on any atom is -0.303 e. The van der Waals surface area contributed by atoms with Gasteiger partial charge in [-0.1, -0.05) is 41.9 Å². The minimum absolute atomic E-state index is 0.158. The Morgan fingerprint density at radius 1 is 1.07 bits per heavy atom. The first kappa shape index (κ1) is 20.1. The largest absolute Gasteiger partial charge is 0.416 e. The Kier molecular flexibility index (Phi) is 5.54. The minimum atomic E-state index is -4.66. The fourth-order valence-electron chi connectivity index (χ4n) is 3.14. The van der Waals surface area contributed by atoms with Crippen LogP contribution >= 0.6 is 11.6 Å². The molecular weight excluding hydrogens is 401 g/mol. The van der Waals surface area contributed by atoms with Gasteiger partial charge in [0, 0.05) is 19.6 Å². The summed E-state index contributed by atoms with van der Waals surface area (Å²) in [5.41, 5.74) is -0.272. The van der Waals surface area contributed by atoms with Crippen LogP contribution in [0.15, 0.2) is 53.4 Å². The molecule has 0 N–H and O–H groups in total. The molecule has 0 unspecified atom stereocenters. The van der Waals surface area contributed by atoms with Gasteiger partial charge in [-0.3, -0.25) is 0 Å². The van der Waals surface area contributed by atoms with E-state index in [0.29, 0.717) is 19.2 Å². The van der Waals surface area contributed by atoms with Gasteiger partial charge in [-0.05, 0) is 30.8 Å². The number of benzene rings is 2. The molecule has 0 spiro atoms. The summed E-state index contributed by atoms with van der Waals surface area (Å²) in [5.74, 6) is 0. The second-order valence-corrected chi connectivity index (χ2v) is 8.71. The molecule has 1 aliphatic heterocycles. The summed E-state index contributed by atoms with van der Waals surface area (Å²) in [6, 6.07) is 10.9. The average molecular weight is 419 g/mol. The van der Waals surface area contributed by atoms with Crippen molar-refractivity contribution in [3.63, 3.8) is 0 Å². The molecule has 1 saturated heterocycles. The first-order valence-corrected chi connectivity index (χ1v) is 10.0. The lowest BCUT2D eigenvalue weighted by Crippen LogP contribution is -2.49. The summed E-state index contributed by atoms with van der Waals surface area (Å²) in [5, 5.41) is -0.228. The fourth-order valence-corrected chi connectivity index (χ4v) is 5.24. The van der Waals surface area contributed by atoms with E-state index in [1.54, 1.807) is 24.3 Å². The highest BCUT2D eigenvalue weighted by atomic mass is 35.5. The Morgan fingerprint density at radius 2 is 1.74 bits per heavy atom. The zero-order valence-electron chi connectivity index (χ0n) is 14.4. The summed E-state index contributed by atoms with van der Waals surface area (Å²) in [6.07, 6.45) is -4.66. The van der Waals surface area contributed by atoms with Crippen LogP contribution in [0.3, 0.4) is 0 Å². The quantitative estimate of drug-likeness (QED) is 0.755. The zero-order valence-corrected chi connectivity index (χ0v) is 16.0. The summed E-state index contributed by atoms with van der Waals surface area (Å²) in [7, 11) is -2.35. The van der Waals surface area contributed by atoms with Gasteiger partial charge in [0.25, 0.3) is 0 Å². The van der Waals surface area contributed by atoms with E-state index in [-0.39, 0.29) is 11.6 Å². The molecule has 0 aromatic heterocycles. The van der Waals surface area contributed by atoms with E-state index in [1.807, 2.05) is 18.0 Å². The number of hydrogen-bond donors (Lipinski definition) is 0. The maximum atomic E-state index is 13.2. The van der Waals surface area contributed by atoms with Crippen LogP contribution in [0.5, 0.6) is 0 Å². The maximum absolute atomic E-state index is 13.2. The Morgan fingerprint density at radius 3 is 2.37 bits per heavy atom. The van der Waals surface area contributed by atoms with Gasteiger partial charge in [0.15, 0.2) is 0 Å². The molecular formula is C18H18ClF3N2O2S. The first-order valence-electron chi connectivity index (χ1n) is 8.23. The van der Waals surface area contributed by atoms with Crippen LogP contribution in [0, 0.1) is 0 Å². The predicted molar refractivity (Wildman–Crippen MR) is 97.0 cm³/mol. The summed E-state index contributed by atoms with van der Waals surface area (Å²) >= 11 is 5.99. The van der Waals surface area contributed by atoms with Crippen LogP contribution in [0.2, 0.25) is 5.02 Å². The molecule has 1 heterocycles. The van der Waals surface area contributed by atoms with Crippen molar-refractivity contribution in [2.75, 3.05) is 26.7 Å². The molecule has 0 radical (unpaired) electrons. The monoisotopic (exact) mass is 418 g/mol. The smallest absolute Gasteiger partial charge is 0.303 e. The van der Waals surface area contributed by atoms with E-state index in [4.69, 9.17) is 11.6 Å². The third-order valence-electron chi connectivity index (χ3n) is 4.56. The molecule has 3 rings (SSSR count).